The fourth-order valence-electron chi connectivity index (χ4n) is 3.79. The van der Waals surface area contributed by atoms with Gasteiger partial charge in [-0.15, -0.1) is 0 Å². The van der Waals surface area contributed by atoms with E-state index in [1.807, 2.05) is 31.2 Å². The smallest absolute Gasteiger partial charge is 0.264 e. The summed E-state index contributed by atoms with van der Waals surface area (Å²) < 4.78 is 28.0. The van der Waals surface area contributed by atoms with Crippen LogP contribution in [-0.2, 0) is 21.2 Å². The van der Waals surface area contributed by atoms with Gasteiger partial charge in [-0.25, -0.2) is 8.42 Å². The highest BCUT2D eigenvalue weighted by Crippen LogP contribution is 2.33. The summed E-state index contributed by atoms with van der Waals surface area (Å²) in [5.41, 5.74) is 2.36. The SMILES string of the molecule is C[C@H]1Cc2ccccc2N1C(=O)CN(c1ccccc1)S(=O)(=O)c1ccc(Cl)cc1. The van der Waals surface area contributed by atoms with Crippen LogP contribution in [0.1, 0.15) is 12.5 Å². The maximum Gasteiger partial charge on any atom is 0.264 e. The van der Waals surface area contributed by atoms with Crippen LogP contribution < -0.4 is 9.21 Å². The van der Waals surface area contributed by atoms with Crippen LogP contribution in [0, 0.1) is 0 Å². The van der Waals surface area contributed by atoms with Crippen LogP contribution in [0.25, 0.3) is 0 Å². The van der Waals surface area contributed by atoms with E-state index in [2.05, 4.69) is 0 Å². The molecule has 0 aromatic heterocycles. The average molecular weight is 441 g/mol. The molecule has 4 rings (SSSR count). The van der Waals surface area contributed by atoms with Crippen molar-refractivity contribution in [3.05, 3.63) is 89.4 Å². The molecule has 1 aliphatic rings. The first-order chi connectivity index (χ1) is 14.4. The van der Waals surface area contributed by atoms with E-state index < -0.39 is 10.0 Å². The zero-order valence-corrected chi connectivity index (χ0v) is 18.0. The monoisotopic (exact) mass is 440 g/mol. The van der Waals surface area contributed by atoms with Gasteiger partial charge < -0.3 is 4.90 Å². The highest BCUT2D eigenvalue weighted by atomic mass is 35.5. The van der Waals surface area contributed by atoms with Crippen molar-refractivity contribution in [1.29, 1.82) is 0 Å². The Morgan fingerprint density at radius 2 is 1.63 bits per heavy atom. The Hall–Kier alpha value is -2.83. The molecule has 0 aliphatic carbocycles. The van der Waals surface area contributed by atoms with Gasteiger partial charge in [0.1, 0.15) is 6.54 Å². The third kappa shape index (κ3) is 3.80. The predicted octanol–water partition coefficient (Wildman–Crippen LogP) is 4.51. The minimum Gasteiger partial charge on any atom is -0.307 e. The number of nitrogens with zero attached hydrogens (tertiary/aromatic N) is 2. The number of fused-ring (bicyclic) bond motifs is 1. The zero-order valence-electron chi connectivity index (χ0n) is 16.4. The third-order valence-corrected chi connectivity index (χ3v) is 7.24. The van der Waals surface area contributed by atoms with Crippen LogP contribution in [0.15, 0.2) is 83.8 Å². The lowest BCUT2D eigenvalue weighted by Gasteiger charge is -2.29. The number of hydrogen-bond donors (Lipinski definition) is 0. The van der Waals surface area contributed by atoms with Gasteiger partial charge in [0.25, 0.3) is 10.0 Å². The van der Waals surface area contributed by atoms with Crippen molar-refractivity contribution < 1.29 is 13.2 Å². The Morgan fingerprint density at radius 3 is 2.33 bits per heavy atom. The van der Waals surface area contributed by atoms with E-state index in [0.717, 1.165) is 22.0 Å². The highest BCUT2D eigenvalue weighted by molar-refractivity contribution is 7.92. The summed E-state index contributed by atoms with van der Waals surface area (Å²) in [6, 6.07) is 22.3. The van der Waals surface area contributed by atoms with Crippen molar-refractivity contribution in [2.75, 3.05) is 15.7 Å². The molecule has 0 spiro atoms. The zero-order chi connectivity index (χ0) is 21.3. The molecule has 7 heteroatoms. The van der Waals surface area contributed by atoms with Crippen molar-refractivity contribution in [3.8, 4) is 0 Å². The van der Waals surface area contributed by atoms with Crippen LogP contribution in [0.2, 0.25) is 5.02 Å². The summed E-state index contributed by atoms with van der Waals surface area (Å²) in [5.74, 6) is -0.270. The molecule has 154 valence electrons. The fourth-order valence-corrected chi connectivity index (χ4v) is 5.33. The fraction of sp³-hybridized carbons (Fsp3) is 0.174. The van der Waals surface area contributed by atoms with Crippen LogP contribution in [0.5, 0.6) is 0 Å². The van der Waals surface area contributed by atoms with E-state index in [1.165, 1.54) is 24.3 Å². The molecular formula is C23H21ClN2O3S. The normalized spacial score (nSPS) is 15.7. The van der Waals surface area contributed by atoms with Gasteiger partial charge in [-0.05, 0) is 61.4 Å². The molecule has 0 radical (unpaired) electrons. The van der Waals surface area contributed by atoms with E-state index in [-0.39, 0.29) is 23.4 Å². The maximum absolute atomic E-state index is 13.4. The molecule has 0 bridgehead atoms. The number of halogens is 1. The molecule has 1 heterocycles. The van der Waals surface area contributed by atoms with Crippen LogP contribution in [0.4, 0.5) is 11.4 Å². The van der Waals surface area contributed by atoms with E-state index in [4.69, 9.17) is 11.6 Å². The molecule has 0 fully saturated rings. The second-order valence-electron chi connectivity index (χ2n) is 7.25. The molecule has 0 saturated heterocycles. The minimum absolute atomic E-state index is 0.0363. The van der Waals surface area contributed by atoms with Gasteiger partial charge in [0.15, 0.2) is 0 Å². The van der Waals surface area contributed by atoms with Crippen molar-refractivity contribution in [3.63, 3.8) is 0 Å². The second kappa shape index (κ2) is 8.13. The molecule has 1 aliphatic heterocycles. The molecule has 5 nitrogen and oxygen atoms in total. The van der Waals surface area contributed by atoms with E-state index in [1.54, 1.807) is 35.2 Å². The van der Waals surface area contributed by atoms with Crippen molar-refractivity contribution >= 4 is 38.9 Å². The third-order valence-electron chi connectivity index (χ3n) is 5.20. The molecule has 30 heavy (non-hydrogen) atoms. The molecule has 0 N–H and O–H groups in total. The molecule has 1 atom stereocenters. The maximum atomic E-state index is 13.4. The van der Waals surface area contributed by atoms with Crippen LogP contribution in [-0.4, -0.2) is 26.9 Å². The van der Waals surface area contributed by atoms with Crippen molar-refractivity contribution in [1.82, 2.24) is 0 Å². The lowest BCUT2D eigenvalue weighted by molar-refractivity contribution is -0.117. The summed E-state index contributed by atoms with van der Waals surface area (Å²) in [7, 11) is -3.96. The molecule has 1 amide bonds. The van der Waals surface area contributed by atoms with Crippen molar-refractivity contribution in [2.24, 2.45) is 0 Å². The molecule has 3 aromatic carbocycles. The summed E-state index contributed by atoms with van der Waals surface area (Å²) in [4.78, 5) is 15.1. The number of carbonyl (C=O) groups excluding carboxylic acids is 1. The Bertz CT molecular complexity index is 1160. The number of amides is 1. The number of benzene rings is 3. The van der Waals surface area contributed by atoms with E-state index in [0.29, 0.717) is 10.7 Å². The Labute approximate surface area is 181 Å². The van der Waals surface area contributed by atoms with Gasteiger partial charge in [0, 0.05) is 16.8 Å². The van der Waals surface area contributed by atoms with E-state index >= 15 is 0 Å². The largest absolute Gasteiger partial charge is 0.307 e. The number of sulfonamides is 1. The lowest BCUT2D eigenvalue weighted by Crippen LogP contribution is -2.45. The highest BCUT2D eigenvalue weighted by Gasteiger charge is 2.34. The standard InChI is InChI=1S/C23H21ClN2O3S/c1-17-15-18-7-5-6-10-22(18)26(17)23(27)16-25(20-8-3-2-4-9-20)30(28,29)21-13-11-19(24)12-14-21/h2-14,17H,15-16H2,1H3/t17-/m0/s1. The first kappa shape index (κ1) is 20.4. The van der Waals surface area contributed by atoms with Gasteiger partial charge in [0.05, 0.1) is 10.6 Å². The van der Waals surface area contributed by atoms with Gasteiger partial charge in [0.2, 0.25) is 5.91 Å². The lowest BCUT2D eigenvalue weighted by atomic mass is 10.1. The summed E-state index contributed by atoms with van der Waals surface area (Å²) >= 11 is 5.92. The van der Waals surface area contributed by atoms with Gasteiger partial charge in [-0.3, -0.25) is 9.10 Å². The minimum atomic E-state index is -3.96. The molecule has 0 saturated carbocycles. The number of anilines is 2. The molecule has 3 aromatic rings. The van der Waals surface area contributed by atoms with E-state index in [9.17, 15) is 13.2 Å². The Kier molecular flexibility index (Phi) is 5.54. The van der Waals surface area contributed by atoms with Gasteiger partial charge in [-0.1, -0.05) is 48.0 Å². The van der Waals surface area contributed by atoms with Gasteiger partial charge >= 0.3 is 0 Å². The average Bonchev–Trinajstić information content (AvgIpc) is 3.08. The quantitative estimate of drug-likeness (QED) is 0.586. The predicted molar refractivity (Wildman–Crippen MR) is 120 cm³/mol. The van der Waals surface area contributed by atoms with Crippen molar-refractivity contribution in [2.45, 2.75) is 24.3 Å². The number of carbonyl (C=O) groups is 1. The Morgan fingerprint density at radius 1 is 1.00 bits per heavy atom. The first-order valence-corrected chi connectivity index (χ1v) is 11.4. The topological polar surface area (TPSA) is 57.7 Å². The number of para-hydroxylation sites is 2. The number of rotatable bonds is 5. The molecular weight excluding hydrogens is 420 g/mol. The summed E-state index contributed by atoms with van der Waals surface area (Å²) in [6.07, 6.45) is 0.747. The first-order valence-electron chi connectivity index (χ1n) is 9.61. The van der Waals surface area contributed by atoms with Crippen LogP contribution >= 0.6 is 11.6 Å². The molecule has 0 unspecified atom stereocenters. The summed E-state index contributed by atoms with van der Waals surface area (Å²) in [5, 5.41) is 0.443. The van der Waals surface area contributed by atoms with Crippen LogP contribution in [0.3, 0.4) is 0 Å². The Balaban J connectivity index is 1.71. The second-order valence-corrected chi connectivity index (χ2v) is 9.55. The summed E-state index contributed by atoms with van der Waals surface area (Å²) in [6.45, 7) is 1.67. The van der Waals surface area contributed by atoms with Gasteiger partial charge in [-0.2, -0.15) is 0 Å². The number of hydrogen-bond acceptors (Lipinski definition) is 3.